The summed E-state index contributed by atoms with van der Waals surface area (Å²) in [6.45, 7) is 3.37. The molecule has 132 valence electrons. The zero-order valence-electron chi connectivity index (χ0n) is 14.5. The number of hydrogen-bond acceptors (Lipinski definition) is 4. The van der Waals surface area contributed by atoms with E-state index in [1.807, 2.05) is 0 Å². The smallest absolute Gasteiger partial charge is 0.0900 e. The van der Waals surface area contributed by atoms with Gasteiger partial charge in [-0.25, -0.2) is 0 Å². The molecule has 4 fully saturated rings. The highest BCUT2D eigenvalue weighted by atomic mass is 16.5. The summed E-state index contributed by atoms with van der Waals surface area (Å²) >= 11 is 0. The number of benzene rings is 1. The third kappa shape index (κ3) is 3.61. The van der Waals surface area contributed by atoms with E-state index in [1.165, 1.54) is 44.2 Å². The molecule has 0 spiro atoms. The lowest BCUT2D eigenvalue weighted by Gasteiger charge is -2.58. The molecule has 1 saturated carbocycles. The first kappa shape index (κ1) is 16.4. The van der Waals surface area contributed by atoms with Gasteiger partial charge in [0.05, 0.1) is 18.8 Å². The van der Waals surface area contributed by atoms with Crippen LogP contribution in [0.2, 0.25) is 0 Å². The lowest BCUT2D eigenvalue weighted by Crippen LogP contribution is -2.69. The summed E-state index contributed by atoms with van der Waals surface area (Å²) in [7, 11) is 0. The van der Waals surface area contributed by atoms with Crippen LogP contribution in [0, 0.1) is 0 Å². The van der Waals surface area contributed by atoms with E-state index in [9.17, 15) is 5.11 Å². The van der Waals surface area contributed by atoms with Crippen LogP contribution in [0.4, 0.5) is 5.69 Å². The highest BCUT2D eigenvalue weighted by Gasteiger charge is 2.44. The minimum absolute atomic E-state index is 0.352. The Morgan fingerprint density at radius 3 is 2.46 bits per heavy atom. The second-order valence-corrected chi connectivity index (χ2v) is 7.75. The Labute approximate surface area is 145 Å². The highest BCUT2D eigenvalue weighted by Crippen LogP contribution is 2.36. The number of aliphatic hydroxyl groups excluding tert-OH is 1. The molecule has 1 aromatic carbocycles. The van der Waals surface area contributed by atoms with Gasteiger partial charge < -0.3 is 14.7 Å². The second-order valence-electron chi connectivity index (χ2n) is 7.75. The number of aliphatic hydroxyl groups is 1. The van der Waals surface area contributed by atoms with Crippen molar-refractivity contribution in [1.29, 1.82) is 0 Å². The Hall–Kier alpha value is -1.10. The van der Waals surface area contributed by atoms with Gasteiger partial charge in [0.25, 0.3) is 0 Å². The fourth-order valence-electron chi connectivity index (χ4n) is 4.70. The molecule has 3 atom stereocenters. The molecule has 0 aromatic heterocycles. The van der Waals surface area contributed by atoms with E-state index in [1.54, 1.807) is 0 Å². The first-order valence-electron chi connectivity index (χ1n) is 9.65. The molecule has 1 aromatic rings. The maximum absolute atomic E-state index is 10.3. The number of hydrogen-bond donors (Lipinski definition) is 1. The number of piperazine rings is 1. The third-order valence-corrected chi connectivity index (χ3v) is 5.87. The quantitative estimate of drug-likeness (QED) is 0.870. The van der Waals surface area contributed by atoms with E-state index in [0.717, 1.165) is 19.6 Å². The largest absolute Gasteiger partial charge is 0.389 e. The van der Waals surface area contributed by atoms with Crippen LogP contribution in [-0.4, -0.2) is 60.5 Å². The SMILES string of the molecule is OC(COC1CCCCC1)CN1C[C@H]2C[C@@H](C1)N2c1ccccc1. The molecule has 3 saturated heterocycles. The molecule has 0 amide bonds. The van der Waals surface area contributed by atoms with E-state index in [2.05, 4.69) is 40.1 Å². The summed E-state index contributed by atoms with van der Waals surface area (Å²) in [6, 6.07) is 12.0. The number of ether oxygens (including phenoxy) is 1. The number of piperidine rings is 1. The predicted molar refractivity (Wildman–Crippen MR) is 96.4 cm³/mol. The van der Waals surface area contributed by atoms with Gasteiger partial charge in [-0.3, -0.25) is 4.90 Å². The van der Waals surface area contributed by atoms with Crippen LogP contribution in [0.3, 0.4) is 0 Å². The Morgan fingerprint density at radius 1 is 1.04 bits per heavy atom. The van der Waals surface area contributed by atoms with Gasteiger partial charge in [-0.2, -0.15) is 0 Å². The minimum atomic E-state index is -0.352. The summed E-state index contributed by atoms with van der Waals surface area (Å²) < 4.78 is 5.93. The van der Waals surface area contributed by atoms with Gasteiger partial charge in [-0.1, -0.05) is 37.5 Å². The molecule has 4 nitrogen and oxygen atoms in total. The molecule has 5 rings (SSSR count). The van der Waals surface area contributed by atoms with Crippen LogP contribution in [0.5, 0.6) is 0 Å². The van der Waals surface area contributed by atoms with Gasteiger partial charge in [0, 0.05) is 37.4 Å². The van der Waals surface area contributed by atoms with E-state index >= 15 is 0 Å². The fourth-order valence-corrected chi connectivity index (χ4v) is 4.70. The average molecular weight is 330 g/mol. The lowest BCUT2D eigenvalue weighted by atomic mass is 9.86. The van der Waals surface area contributed by atoms with Gasteiger partial charge in [0.2, 0.25) is 0 Å². The Morgan fingerprint density at radius 2 is 1.75 bits per heavy atom. The van der Waals surface area contributed by atoms with Crippen LogP contribution in [0.1, 0.15) is 38.5 Å². The van der Waals surface area contributed by atoms with Gasteiger partial charge in [-0.05, 0) is 31.4 Å². The van der Waals surface area contributed by atoms with Crippen molar-refractivity contribution < 1.29 is 9.84 Å². The van der Waals surface area contributed by atoms with Crippen molar-refractivity contribution >= 4 is 5.69 Å². The molecule has 4 aliphatic rings. The van der Waals surface area contributed by atoms with Crippen LogP contribution >= 0.6 is 0 Å². The van der Waals surface area contributed by atoms with Crippen LogP contribution < -0.4 is 4.90 Å². The molecule has 1 unspecified atom stereocenters. The molecule has 3 aliphatic heterocycles. The van der Waals surface area contributed by atoms with Gasteiger partial charge in [0.15, 0.2) is 0 Å². The van der Waals surface area contributed by atoms with E-state index in [4.69, 9.17) is 4.74 Å². The average Bonchev–Trinajstić information content (AvgIpc) is 2.62. The highest BCUT2D eigenvalue weighted by molar-refractivity contribution is 5.52. The van der Waals surface area contributed by atoms with Crippen molar-refractivity contribution in [3.63, 3.8) is 0 Å². The van der Waals surface area contributed by atoms with Crippen LogP contribution in [-0.2, 0) is 4.74 Å². The third-order valence-electron chi connectivity index (χ3n) is 5.87. The zero-order valence-corrected chi connectivity index (χ0v) is 14.5. The maximum Gasteiger partial charge on any atom is 0.0900 e. The van der Waals surface area contributed by atoms with Gasteiger partial charge in [0.1, 0.15) is 0 Å². The molecular weight excluding hydrogens is 300 g/mol. The van der Waals surface area contributed by atoms with Crippen molar-refractivity contribution in [3.05, 3.63) is 30.3 Å². The van der Waals surface area contributed by atoms with E-state index in [0.29, 0.717) is 24.8 Å². The normalized spacial score (nSPS) is 29.3. The topological polar surface area (TPSA) is 35.9 Å². The molecule has 4 heteroatoms. The van der Waals surface area contributed by atoms with Crippen molar-refractivity contribution in [3.8, 4) is 0 Å². The van der Waals surface area contributed by atoms with Crippen molar-refractivity contribution in [1.82, 2.24) is 4.90 Å². The summed E-state index contributed by atoms with van der Waals surface area (Å²) in [5.41, 5.74) is 1.35. The number of fused-ring (bicyclic) bond motifs is 2. The Bertz CT molecular complexity index is 506. The lowest BCUT2D eigenvalue weighted by molar-refractivity contribution is -0.0395. The molecule has 2 bridgehead atoms. The first-order valence-corrected chi connectivity index (χ1v) is 9.65. The summed E-state index contributed by atoms with van der Waals surface area (Å²) in [4.78, 5) is 4.98. The number of anilines is 1. The van der Waals surface area contributed by atoms with Crippen molar-refractivity contribution in [2.45, 2.75) is 62.8 Å². The number of para-hydroxylation sites is 1. The molecule has 3 heterocycles. The van der Waals surface area contributed by atoms with Crippen LogP contribution in [0.25, 0.3) is 0 Å². The maximum atomic E-state index is 10.3. The predicted octanol–water partition coefficient (Wildman–Crippen LogP) is 2.66. The second kappa shape index (κ2) is 7.42. The van der Waals surface area contributed by atoms with Gasteiger partial charge in [-0.15, -0.1) is 0 Å². The summed E-state index contributed by atoms with van der Waals surface area (Å²) in [6.07, 6.45) is 7.58. The van der Waals surface area contributed by atoms with E-state index in [-0.39, 0.29) is 6.10 Å². The number of nitrogens with zero attached hydrogens (tertiary/aromatic N) is 2. The Kier molecular flexibility index (Phi) is 5.06. The molecular formula is C20H30N2O2. The van der Waals surface area contributed by atoms with Crippen LogP contribution in [0.15, 0.2) is 30.3 Å². The first-order chi connectivity index (χ1) is 11.8. The van der Waals surface area contributed by atoms with Gasteiger partial charge >= 0.3 is 0 Å². The standard InChI is InChI=1S/C20H30N2O2/c23-19(15-24-20-9-5-2-6-10-20)14-21-12-17-11-18(13-21)22(17)16-7-3-1-4-8-16/h1,3-4,7-8,17-20,23H,2,5-6,9-15H2/t17-,18+,19?. The monoisotopic (exact) mass is 330 g/mol. The van der Waals surface area contributed by atoms with Crippen molar-refractivity contribution in [2.24, 2.45) is 0 Å². The zero-order chi connectivity index (χ0) is 16.4. The van der Waals surface area contributed by atoms with E-state index < -0.39 is 0 Å². The summed E-state index contributed by atoms with van der Waals surface area (Å²) in [5.74, 6) is 0. The Balaban J connectivity index is 1.22. The molecule has 1 N–H and O–H groups in total. The molecule has 0 radical (unpaired) electrons. The fraction of sp³-hybridized carbons (Fsp3) is 0.700. The minimum Gasteiger partial charge on any atom is -0.389 e. The molecule has 24 heavy (non-hydrogen) atoms. The summed E-state index contributed by atoms with van der Waals surface area (Å²) in [5, 5.41) is 10.3. The van der Waals surface area contributed by atoms with Crippen molar-refractivity contribution in [2.75, 3.05) is 31.1 Å². The number of rotatable bonds is 6. The molecule has 1 aliphatic carbocycles.